The monoisotopic (exact) mass is 515 g/mol. The third kappa shape index (κ3) is 4.49. The molecule has 1 atom stereocenters. The molecule has 0 fully saturated rings. The zero-order valence-electron chi connectivity index (χ0n) is 20.7. The molecule has 1 aliphatic rings. The number of fused-ring (bicyclic) bond motifs is 1. The number of ether oxygens (including phenoxy) is 1. The first-order chi connectivity index (χ1) is 17.8. The summed E-state index contributed by atoms with van der Waals surface area (Å²) in [5.41, 5.74) is 2.72. The molecule has 0 aliphatic carbocycles. The van der Waals surface area contributed by atoms with Gasteiger partial charge in [-0.05, 0) is 72.5 Å². The van der Waals surface area contributed by atoms with Crippen LogP contribution in [-0.2, 0) is 4.79 Å². The Morgan fingerprint density at radius 1 is 1.08 bits per heavy atom. The van der Waals surface area contributed by atoms with Crippen molar-refractivity contribution in [2.75, 3.05) is 11.5 Å². The molecule has 1 unspecified atom stereocenters. The minimum atomic E-state index is -0.887. The fraction of sp³-hybridized carbons (Fsp3) is 0.200. The highest BCUT2D eigenvalue weighted by Gasteiger charge is 2.45. The number of anilines is 1. The molecule has 188 valence electrons. The highest BCUT2D eigenvalue weighted by molar-refractivity contribution is 6.31. The lowest BCUT2D eigenvalue weighted by atomic mass is 9.94. The van der Waals surface area contributed by atoms with E-state index in [1.54, 1.807) is 48.5 Å². The van der Waals surface area contributed by atoms with Gasteiger partial charge in [-0.25, -0.2) is 0 Å². The number of ketones is 1. The molecule has 0 saturated carbocycles. The molecular formula is C30H26ClNO5. The van der Waals surface area contributed by atoms with E-state index in [1.807, 2.05) is 31.2 Å². The van der Waals surface area contributed by atoms with Gasteiger partial charge in [0.1, 0.15) is 11.3 Å². The van der Waals surface area contributed by atoms with Gasteiger partial charge in [0.05, 0.1) is 18.2 Å². The molecule has 3 aromatic carbocycles. The van der Waals surface area contributed by atoms with Crippen molar-refractivity contribution in [2.45, 2.75) is 32.7 Å². The van der Waals surface area contributed by atoms with Gasteiger partial charge in [0.25, 0.3) is 5.91 Å². The summed E-state index contributed by atoms with van der Waals surface area (Å²) < 4.78 is 11.5. The summed E-state index contributed by atoms with van der Waals surface area (Å²) in [6, 6.07) is 20.5. The average molecular weight is 516 g/mol. The van der Waals surface area contributed by atoms with Gasteiger partial charge < -0.3 is 14.3 Å². The Balaban J connectivity index is 1.64. The van der Waals surface area contributed by atoms with Gasteiger partial charge in [-0.2, -0.15) is 0 Å². The van der Waals surface area contributed by atoms with Gasteiger partial charge in [-0.1, -0.05) is 49.7 Å². The van der Waals surface area contributed by atoms with E-state index in [0.717, 1.165) is 5.56 Å². The molecule has 4 aromatic rings. The van der Waals surface area contributed by atoms with E-state index in [4.69, 9.17) is 20.8 Å². The van der Waals surface area contributed by atoms with E-state index in [2.05, 4.69) is 13.8 Å². The standard InChI is InChI=1S/C30H26ClNO5/c1-4-36-23-7-5-6-19(15-23)27-26(28(33)25-16-20-14-21(31)10-13-24(20)37-25)29(34)30(35)32(27)22-11-8-18(9-12-22)17(2)3/h5-17,27,34H,4H2,1-3H3. The maximum atomic E-state index is 13.8. The molecule has 37 heavy (non-hydrogen) atoms. The number of furan rings is 1. The first kappa shape index (κ1) is 24.7. The third-order valence-corrected chi connectivity index (χ3v) is 6.71. The summed E-state index contributed by atoms with van der Waals surface area (Å²) in [6.45, 7) is 6.51. The number of Topliss-reactive ketones (excluding diaryl/α,β-unsaturated/α-hetero) is 1. The molecule has 7 heteroatoms. The molecule has 1 aliphatic heterocycles. The summed E-state index contributed by atoms with van der Waals surface area (Å²) >= 11 is 6.10. The van der Waals surface area contributed by atoms with Crippen LogP contribution in [0.25, 0.3) is 11.0 Å². The van der Waals surface area contributed by atoms with Crippen LogP contribution in [0.5, 0.6) is 5.75 Å². The van der Waals surface area contributed by atoms with Crippen LogP contribution in [0.4, 0.5) is 5.69 Å². The lowest BCUT2D eigenvalue weighted by Crippen LogP contribution is -2.31. The van der Waals surface area contributed by atoms with Crippen LogP contribution in [0.15, 0.2) is 88.5 Å². The van der Waals surface area contributed by atoms with E-state index in [1.165, 1.54) is 4.90 Å². The van der Waals surface area contributed by atoms with Crippen molar-refractivity contribution in [3.8, 4) is 5.75 Å². The minimum absolute atomic E-state index is 0.00888. The van der Waals surface area contributed by atoms with E-state index in [0.29, 0.717) is 45.5 Å². The SMILES string of the molecule is CCOc1cccc(C2C(C(=O)c3cc4cc(Cl)ccc4o3)=C(O)C(=O)N2c2ccc(C(C)C)cc2)c1. The second-order valence-electron chi connectivity index (χ2n) is 9.21. The summed E-state index contributed by atoms with van der Waals surface area (Å²) in [6.07, 6.45) is 0. The maximum absolute atomic E-state index is 13.8. The van der Waals surface area contributed by atoms with Crippen LogP contribution >= 0.6 is 11.6 Å². The molecule has 0 saturated heterocycles. The van der Waals surface area contributed by atoms with Crippen LogP contribution in [0.1, 0.15) is 54.4 Å². The summed E-state index contributed by atoms with van der Waals surface area (Å²) in [4.78, 5) is 28.7. The fourth-order valence-corrected chi connectivity index (χ4v) is 4.82. The number of hydrogen-bond donors (Lipinski definition) is 1. The van der Waals surface area contributed by atoms with Gasteiger partial charge in [0, 0.05) is 16.1 Å². The topological polar surface area (TPSA) is 80.0 Å². The van der Waals surface area contributed by atoms with Crippen molar-refractivity contribution >= 4 is 39.9 Å². The quantitative estimate of drug-likeness (QED) is 0.259. The first-order valence-corrected chi connectivity index (χ1v) is 12.5. The lowest BCUT2D eigenvalue weighted by Gasteiger charge is -2.27. The van der Waals surface area contributed by atoms with Crippen LogP contribution in [0.3, 0.4) is 0 Å². The molecule has 0 bridgehead atoms. The van der Waals surface area contributed by atoms with Gasteiger partial charge in [-0.3, -0.25) is 14.5 Å². The number of carbonyl (C=O) groups is 2. The number of rotatable bonds is 7. The zero-order valence-corrected chi connectivity index (χ0v) is 21.5. The Morgan fingerprint density at radius 2 is 1.84 bits per heavy atom. The first-order valence-electron chi connectivity index (χ1n) is 12.1. The van der Waals surface area contributed by atoms with Crippen LogP contribution in [-0.4, -0.2) is 23.4 Å². The number of aliphatic hydroxyl groups is 1. The highest BCUT2D eigenvalue weighted by atomic mass is 35.5. The largest absolute Gasteiger partial charge is 0.503 e. The van der Waals surface area contributed by atoms with Crippen molar-refractivity contribution in [3.05, 3.63) is 106 Å². The molecule has 0 radical (unpaired) electrons. The summed E-state index contributed by atoms with van der Waals surface area (Å²) in [5, 5.41) is 12.2. The number of amides is 1. The zero-order chi connectivity index (χ0) is 26.3. The van der Waals surface area contributed by atoms with Crippen LogP contribution in [0, 0.1) is 0 Å². The minimum Gasteiger partial charge on any atom is -0.503 e. The smallest absolute Gasteiger partial charge is 0.294 e. The number of halogens is 1. The van der Waals surface area contributed by atoms with Gasteiger partial charge in [-0.15, -0.1) is 0 Å². The van der Waals surface area contributed by atoms with Crippen molar-refractivity contribution in [1.29, 1.82) is 0 Å². The van der Waals surface area contributed by atoms with Crippen LogP contribution in [0.2, 0.25) is 5.02 Å². The molecular weight excluding hydrogens is 490 g/mol. The Bertz CT molecular complexity index is 1530. The van der Waals surface area contributed by atoms with E-state index >= 15 is 0 Å². The Kier molecular flexibility index (Phi) is 6.52. The van der Waals surface area contributed by atoms with E-state index in [-0.39, 0.29) is 11.3 Å². The van der Waals surface area contributed by atoms with Gasteiger partial charge >= 0.3 is 0 Å². The normalized spacial score (nSPS) is 15.8. The second-order valence-corrected chi connectivity index (χ2v) is 9.65. The van der Waals surface area contributed by atoms with E-state index < -0.39 is 23.5 Å². The lowest BCUT2D eigenvalue weighted by molar-refractivity contribution is -0.117. The molecule has 2 heterocycles. The number of hydrogen-bond acceptors (Lipinski definition) is 5. The fourth-order valence-electron chi connectivity index (χ4n) is 4.64. The van der Waals surface area contributed by atoms with Gasteiger partial charge in [0.15, 0.2) is 11.5 Å². The predicted octanol–water partition coefficient (Wildman–Crippen LogP) is 7.39. The Hall–Kier alpha value is -4.03. The Labute approximate surface area is 219 Å². The molecule has 1 amide bonds. The average Bonchev–Trinajstić information content (AvgIpc) is 3.42. The van der Waals surface area contributed by atoms with Crippen molar-refractivity contribution in [2.24, 2.45) is 0 Å². The number of carbonyl (C=O) groups excluding carboxylic acids is 2. The van der Waals surface area contributed by atoms with Crippen molar-refractivity contribution < 1.29 is 23.8 Å². The van der Waals surface area contributed by atoms with E-state index in [9.17, 15) is 14.7 Å². The molecule has 5 rings (SSSR count). The number of nitrogens with zero attached hydrogens (tertiary/aromatic N) is 1. The van der Waals surface area contributed by atoms with Crippen molar-refractivity contribution in [1.82, 2.24) is 0 Å². The second kappa shape index (κ2) is 9.79. The molecule has 0 spiro atoms. The molecule has 1 aromatic heterocycles. The number of benzene rings is 3. The van der Waals surface area contributed by atoms with Crippen LogP contribution < -0.4 is 9.64 Å². The van der Waals surface area contributed by atoms with Gasteiger partial charge in [0.2, 0.25) is 5.78 Å². The Morgan fingerprint density at radius 3 is 2.54 bits per heavy atom. The highest BCUT2D eigenvalue weighted by Crippen LogP contribution is 2.43. The molecule has 6 nitrogen and oxygen atoms in total. The van der Waals surface area contributed by atoms with Crippen molar-refractivity contribution in [3.63, 3.8) is 0 Å². The number of aliphatic hydroxyl groups excluding tert-OH is 1. The summed E-state index contributed by atoms with van der Waals surface area (Å²) in [7, 11) is 0. The predicted molar refractivity (Wildman–Crippen MR) is 144 cm³/mol. The molecule has 1 N–H and O–H groups in total. The maximum Gasteiger partial charge on any atom is 0.294 e. The third-order valence-electron chi connectivity index (χ3n) is 6.48. The summed E-state index contributed by atoms with van der Waals surface area (Å²) in [5.74, 6) is -0.929.